The van der Waals surface area contributed by atoms with Gasteiger partial charge in [-0.3, -0.25) is 9.89 Å². The van der Waals surface area contributed by atoms with Gasteiger partial charge in [-0.05, 0) is 31.0 Å². The lowest BCUT2D eigenvalue weighted by Gasteiger charge is -2.01. The van der Waals surface area contributed by atoms with Gasteiger partial charge in [0.1, 0.15) is 5.69 Å². The van der Waals surface area contributed by atoms with Gasteiger partial charge in [-0.25, -0.2) is 4.68 Å². The Labute approximate surface area is 103 Å². The van der Waals surface area contributed by atoms with E-state index in [0.29, 0.717) is 22.3 Å². The van der Waals surface area contributed by atoms with Gasteiger partial charge < -0.3 is 5.73 Å². The third kappa shape index (κ3) is 1.74. The first-order valence-electron chi connectivity index (χ1n) is 5.53. The predicted octanol–water partition coefficient (Wildman–Crippen LogP) is 2.28. The molecule has 1 fully saturated rings. The summed E-state index contributed by atoms with van der Waals surface area (Å²) in [4.78, 5) is 12.0. The van der Waals surface area contributed by atoms with E-state index in [2.05, 4.69) is 5.10 Å². The minimum atomic E-state index is -0.200. The fourth-order valence-electron chi connectivity index (χ4n) is 1.95. The van der Waals surface area contributed by atoms with Crippen molar-refractivity contribution in [1.29, 1.82) is 0 Å². The van der Waals surface area contributed by atoms with Gasteiger partial charge in [0.05, 0.1) is 11.4 Å². The topological polar surface area (TPSA) is 63.8 Å². The average molecular weight is 250 g/mol. The van der Waals surface area contributed by atoms with Crippen LogP contribution in [0.2, 0.25) is 5.02 Å². The van der Waals surface area contributed by atoms with Crippen molar-refractivity contribution in [3.63, 3.8) is 0 Å². The van der Waals surface area contributed by atoms with Crippen molar-refractivity contribution in [2.24, 2.45) is 0 Å². The van der Waals surface area contributed by atoms with E-state index in [-0.39, 0.29) is 5.56 Å². The molecular weight excluding hydrogens is 238 g/mol. The van der Waals surface area contributed by atoms with Crippen molar-refractivity contribution in [3.8, 4) is 5.69 Å². The van der Waals surface area contributed by atoms with Gasteiger partial charge in [-0.15, -0.1) is 0 Å². The molecule has 2 aromatic rings. The molecule has 0 atom stereocenters. The lowest BCUT2D eigenvalue weighted by Crippen LogP contribution is -2.16. The fraction of sp³-hybridized carbons (Fsp3) is 0.250. The van der Waals surface area contributed by atoms with E-state index >= 15 is 0 Å². The molecule has 0 spiro atoms. The van der Waals surface area contributed by atoms with Crippen LogP contribution in [-0.4, -0.2) is 9.78 Å². The Kier molecular flexibility index (Phi) is 2.26. The monoisotopic (exact) mass is 249 g/mol. The number of aromatic nitrogens is 2. The maximum atomic E-state index is 12.0. The Bertz CT molecular complexity index is 625. The molecule has 5 heteroatoms. The van der Waals surface area contributed by atoms with Crippen LogP contribution in [0.4, 0.5) is 5.69 Å². The summed E-state index contributed by atoms with van der Waals surface area (Å²) in [6.07, 6.45) is 2.19. The number of nitrogens with two attached hydrogens (primary N) is 1. The molecule has 1 heterocycles. The van der Waals surface area contributed by atoms with E-state index in [0.717, 1.165) is 18.5 Å². The van der Waals surface area contributed by atoms with E-state index < -0.39 is 0 Å². The number of aromatic amines is 1. The SMILES string of the molecule is Nc1c(C2CC2)[nH]n(-c2cccc(Cl)c2)c1=O. The van der Waals surface area contributed by atoms with Crippen LogP contribution in [0.15, 0.2) is 29.1 Å². The van der Waals surface area contributed by atoms with Crippen molar-refractivity contribution in [1.82, 2.24) is 9.78 Å². The zero-order valence-electron chi connectivity index (χ0n) is 9.11. The fourth-order valence-corrected chi connectivity index (χ4v) is 2.13. The number of nitrogens with one attached hydrogen (secondary N) is 1. The summed E-state index contributed by atoms with van der Waals surface area (Å²) < 4.78 is 1.45. The molecule has 88 valence electrons. The average Bonchev–Trinajstić information content (AvgIpc) is 3.09. The maximum absolute atomic E-state index is 12.0. The summed E-state index contributed by atoms with van der Waals surface area (Å²) in [5, 5.41) is 3.67. The molecule has 1 aromatic carbocycles. The molecule has 0 radical (unpaired) electrons. The first-order chi connectivity index (χ1) is 8.16. The number of anilines is 1. The van der Waals surface area contributed by atoms with E-state index in [1.807, 2.05) is 6.07 Å². The van der Waals surface area contributed by atoms with Gasteiger partial charge in [0.2, 0.25) is 0 Å². The van der Waals surface area contributed by atoms with Crippen LogP contribution in [0.5, 0.6) is 0 Å². The molecule has 17 heavy (non-hydrogen) atoms. The Morgan fingerprint density at radius 1 is 1.41 bits per heavy atom. The van der Waals surface area contributed by atoms with Crippen LogP contribution in [0.25, 0.3) is 5.69 Å². The largest absolute Gasteiger partial charge is 0.393 e. The first-order valence-corrected chi connectivity index (χ1v) is 5.91. The lowest BCUT2D eigenvalue weighted by atomic mass is 10.3. The van der Waals surface area contributed by atoms with Gasteiger partial charge in [0.15, 0.2) is 0 Å². The van der Waals surface area contributed by atoms with E-state index in [4.69, 9.17) is 17.3 Å². The second-order valence-electron chi connectivity index (χ2n) is 4.33. The molecule has 0 amide bonds. The van der Waals surface area contributed by atoms with Crippen LogP contribution in [0.1, 0.15) is 24.5 Å². The summed E-state index contributed by atoms with van der Waals surface area (Å²) in [6, 6.07) is 7.12. The number of benzene rings is 1. The van der Waals surface area contributed by atoms with Gasteiger partial charge in [0, 0.05) is 10.9 Å². The third-order valence-electron chi connectivity index (χ3n) is 3.01. The summed E-state index contributed by atoms with van der Waals surface area (Å²) in [7, 11) is 0. The summed E-state index contributed by atoms with van der Waals surface area (Å²) in [6.45, 7) is 0. The molecule has 4 nitrogen and oxygen atoms in total. The highest BCUT2D eigenvalue weighted by Gasteiger charge is 2.29. The molecule has 1 aliphatic carbocycles. The number of hydrogen-bond donors (Lipinski definition) is 2. The van der Waals surface area contributed by atoms with Crippen molar-refractivity contribution in [3.05, 3.63) is 45.3 Å². The van der Waals surface area contributed by atoms with Crippen molar-refractivity contribution < 1.29 is 0 Å². The maximum Gasteiger partial charge on any atom is 0.294 e. The van der Waals surface area contributed by atoms with Crippen LogP contribution in [-0.2, 0) is 0 Å². The highest BCUT2D eigenvalue weighted by atomic mass is 35.5. The predicted molar refractivity (Wildman–Crippen MR) is 67.8 cm³/mol. The number of hydrogen-bond acceptors (Lipinski definition) is 2. The Balaban J connectivity index is 2.15. The van der Waals surface area contributed by atoms with Crippen LogP contribution in [0.3, 0.4) is 0 Å². The zero-order chi connectivity index (χ0) is 12.0. The smallest absolute Gasteiger partial charge is 0.294 e. The summed E-state index contributed by atoms with van der Waals surface area (Å²) in [5.41, 5.74) is 7.51. The molecule has 3 rings (SSSR count). The summed E-state index contributed by atoms with van der Waals surface area (Å²) >= 11 is 5.91. The third-order valence-corrected chi connectivity index (χ3v) is 3.24. The first kappa shape index (κ1) is 10.5. The molecule has 0 saturated heterocycles. The molecule has 0 aliphatic heterocycles. The van der Waals surface area contributed by atoms with Crippen LogP contribution in [0, 0.1) is 0 Å². The Morgan fingerprint density at radius 2 is 2.18 bits per heavy atom. The van der Waals surface area contributed by atoms with Crippen molar-refractivity contribution in [2.75, 3.05) is 5.73 Å². The second-order valence-corrected chi connectivity index (χ2v) is 4.77. The van der Waals surface area contributed by atoms with Gasteiger partial charge >= 0.3 is 0 Å². The number of nitrogen functional groups attached to an aromatic ring is 1. The van der Waals surface area contributed by atoms with Crippen LogP contribution < -0.4 is 11.3 Å². The minimum absolute atomic E-state index is 0.200. The Hall–Kier alpha value is -1.68. The highest BCUT2D eigenvalue weighted by Crippen LogP contribution is 2.40. The van der Waals surface area contributed by atoms with E-state index in [9.17, 15) is 4.79 Å². The number of nitrogens with zero attached hydrogens (tertiary/aromatic N) is 1. The molecule has 1 aliphatic rings. The van der Waals surface area contributed by atoms with E-state index in [1.54, 1.807) is 18.2 Å². The highest BCUT2D eigenvalue weighted by molar-refractivity contribution is 6.30. The van der Waals surface area contributed by atoms with Gasteiger partial charge in [-0.2, -0.15) is 0 Å². The molecule has 0 unspecified atom stereocenters. The zero-order valence-corrected chi connectivity index (χ0v) is 9.87. The molecule has 3 N–H and O–H groups in total. The van der Waals surface area contributed by atoms with Gasteiger partial charge in [-0.1, -0.05) is 17.7 Å². The van der Waals surface area contributed by atoms with Crippen molar-refractivity contribution >= 4 is 17.3 Å². The quantitative estimate of drug-likeness (QED) is 0.858. The van der Waals surface area contributed by atoms with E-state index in [1.165, 1.54) is 4.68 Å². The molecule has 1 aromatic heterocycles. The normalized spacial score (nSPS) is 15.1. The summed E-state index contributed by atoms with van der Waals surface area (Å²) in [5.74, 6) is 0.420. The second kappa shape index (κ2) is 3.67. The van der Waals surface area contributed by atoms with Crippen LogP contribution >= 0.6 is 11.6 Å². The number of rotatable bonds is 2. The van der Waals surface area contributed by atoms with Crippen molar-refractivity contribution in [2.45, 2.75) is 18.8 Å². The molecule has 1 saturated carbocycles. The number of H-pyrrole nitrogens is 1. The standard InChI is InChI=1S/C12H12ClN3O/c13-8-2-1-3-9(6-8)16-12(17)10(14)11(15-16)7-4-5-7/h1-3,6-7,15H,4-5,14H2. The number of halogens is 1. The Morgan fingerprint density at radius 3 is 2.82 bits per heavy atom. The lowest BCUT2D eigenvalue weighted by molar-refractivity contribution is 0.816. The molecule has 0 bridgehead atoms. The minimum Gasteiger partial charge on any atom is -0.393 e. The molecular formula is C12H12ClN3O. The van der Waals surface area contributed by atoms with Gasteiger partial charge in [0.25, 0.3) is 5.56 Å².